The Morgan fingerprint density at radius 3 is 2.85 bits per heavy atom. The van der Waals surface area contributed by atoms with E-state index in [-0.39, 0.29) is 12.1 Å². The molecule has 2 aromatic rings. The first kappa shape index (κ1) is 19.4. The van der Waals surface area contributed by atoms with E-state index in [0.717, 1.165) is 25.1 Å². The molecule has 1 aliphatic heterocycles. The van der Waals surface area contributed by atoms with Crippen molar-refractivity contribution in [1.82, 2.24) is 9.80 Å². The Balaban J connectivity index is 1.85. The lowest BCUT2D eigenvalue weighted by Crippen LogP contribution is -2.40. The second-order valence-corrected chi connectivity index (χ2v) is 8.43. The molecule has 1 aromatic heterocycles. The SMILES string of the molecule is C[C@H](CN(C)C)OC(=O)[C@@H](c1ccccc1Cl)N1CCc2sccc2C1. The maximum Gasteiger partial charge on any atom is 0.328 e. The summed E-state index contributed by atoms with van der Waals surface area (Å²) >= 11 is 8.23. The van der Waals surface area contributed by atoms with Gasteiger partial charge in [-0.1, -0.05) is 29.8 Å². The zero-order valence-corrected chi connectivity index (χ0v) is 17.0. The Hall–Kier alpha value is -1.40. The Labute approximate surface area is 164 Å². The fraction of sp³-hybridized carbons (Fsp3) is 0.450. The fourth-order valence-electron chi connectivity index (χ4n) is 3.47. The van der Waals surface area contributed by atoms with Gasteiger partial charge in [0.05, 0.1) is 0 Å². The third-order valence-electron chi connectivity index (χ3n) is 4.57. The molecule has 1 aliphatic rings. The Morgan fingerprint density at radius 1 is 1.35 bits per heavy atom. The van der Waals surface area contributed by atoms with Gasteiger partial charge in [-0.25, -0.2) is 4.79 Å². The van der Waals surface area contributed by atoms with Gasteiger partial charge < -0.3 is 9.64 Å². The van der Waals surface area contributed by atoms with Gasteiger partial charge >= 0.3 is 5.97 Å². The van der Waals surface area contributed by atoms with Crippen molar-refractivity contribution in [2.75, 3.05) is 27.2 Å². The smallest absolute Gasteiger partial charge is 0.328 e. The average Bonchev–Trinajstić information content (AvgIpc) is 3.03. The van der Waals surface area contributed by atoms with Gasteiger partial charge in [-0.15, -0.1) is 11.3 Å². The minimum Gasteiger partial charge on any atom is -0.460 e. The molecule has 1 aromatic carbocycles. The molecule has 0 aliphatic carbocycles. The minimum absolute atomic E-state index is 0.177. The van der Waals surface area contributed by atoms with Crippen LogP contribution in [0.15, 0.2) is 35.7 Å². The highest BCUT2D eigenvalue weighted by Crippen LogP contribution is 2.34. The number of fused-ring (bicyclic) bond motifs is 1. The molecular formula is C20H25ClN2O2S. The van der Waals surface area contributed by atoms with Crippen LogP contribution in [0.5, 0.6) is 0 Å². The quantitative estimate of drug-likeness (QED) is 0.696. The van der Waals surface area contributed by atoms with E-state index in [1.807, 2.05) is 50.2 Å². The lowest BCUT2D eigenvalue weighted by molar-refractivity contribution is -0.156. The number of ether oxygens (including phenoxy) is 1. The van der Waals surface area contributed by atoms with Crippen molar-refractivity contribution in [3.05, 3.63) is 56.7 Å². The normalized spacial score (nSPS) is 17.0. The van der Waals surface area contributed by atoms with E-state index >= 15 is 0 Å². The Morgan fingerprint density at radius 2 is 2.12 bits per heavy atom. The molecule has 0 N–H and O–H groups in total. The molecule has 2 heterocycles. The number of nitrogens with zero attached hydrogens (tertiary/aromatic N) is 2. The van der Waals surface area contributed by atoms with Gasteiger partial charge in [0.15, 0.2) is 0 Å². The lowest BCUT2D eigenvalue weighted by Gasteiger charge is -2.34. The Kier molecular flexibility index (Phi) is 6.35. The first-order valence-electron chi connectivity index (χ1n) is 8.84. The molecule has 140 valence electrons. The van der Waals surface area contributed by atoms with Gasteiger partial charge in [0.2, 0.25) is 0 Å². The molecule has 2 atom stereocenters. The van der Waals surface area contributed by atoms with Crippen LogP contribution in [0.4, 0.5) is 0 Å². The monoisotopic (exact) mass is 392 g/mol. The van der Waals surface area contributed by atoms with Gasteiger partial charge in [-0.2, -0.15) is 0 Å². The molecule has 4 nitrogen and oxygen atoms in total. The second kappa shape index (κ2) is 8.53. The predicted octanol–water partition coefficient (Wildman–Crippen LogP) is 3.99. The van der Waals surface area contributed by atoms with Gasteiger partial charge in [-0.05, 0) is 56.1 Å². The van der Waals surface area contributed by atoms with Gasteiger partial charge in [0.1, 0.15) is 12.1 Å². The maximum atomic E-state index is 13.1. The van der Waals surface area contributed by atoms with Crippen molar-refractivity contribution in [1.29, 1.82) is 0 Å². The molecule has 26 heavy (non-hydrogen) atoms. The van der Waals surface area contributed by atoms with E-state index in [1.165, 1.54) is 10.4 Å². The molecular weight excluding hydrogens is 368 g/mol. The number of thiophene rings is 1. The molecule has 0 amide bonds. The van der Waals surface area contributed by atoms with Crippen molar-refractivity contribution in [2.24, 2.45) is 0 Å². The number of halogens is 1. The molecule has 3 rings (SSSR count). The zero-order valence-electron chi connectivity index (χ0n) is 15.4. The van der Waals surface area contributed by atoms with E-state index in [4.69, 9.17) is 16.3 Å². The standard InChI is InChI=1S/C20H25ClN2O2S/c1-14(12-22(2)3)25-20(24)19(16-6-4-5-7-17(16)21)23-10-8-18-15(13-23)9-11-26-18/h4-7,9,11,14,19H,8,10,12-13H2,1-3H3/t14-,19-/m1/s1. The molecule has 0 spiro atoms. The van der Waals surface area contributed by atoms with Crippen LogP contribution in [0.25, 0.3) is 0 Å². The van der Waals surface area contributed by atoms with E-state index in [1.54, 1.807) is 11.3 Å². The van der Waals surface area contributed by atoms with Crippen LogP contribution in [0.2, 0.25) is 5.02 Å². The summed E-state index contributed by atoms with van der Waals surface area (Å²) in [6, 6.07) is 9.23. The number of rotatable bonds is 6. The highest BCUT2D eigenvalue weighted by atomic mass is 35.5. The molecule has 6 heteroatoms. The van der Waals surface area contributed by atoms with Crippen molar-refractivity contribution < 1.29 is 9.53 Å². The van der Waals surface area contributed by atoms with Crippen LogP contribution in [0.3, 0.4) is 0 Å². The van der Waals surface area contributed by atoms with Crippen molar-refractivity contribution in [3.8, 4) is 0 Å². The second-order valence-electron chi connectivity index (χ2n) is 7.02. The molecule has 0 bridgehead atoms. The highest BCUT2D eigenvalue weighted by molar-refractivity contribution is 7.10. The summed E-state index contributed by atoms with van der Waals surface area (Å²) in [4.78, 5) is 18.7. The summed E-state index contributed by atoms with van der Waals surface area (Å²) < 4.78 is 5.78. The van der Waals surface area contributed by atoms with Crippen LogP contribution in [-0.2, 0) is 22.5 Å². The number of hydrogen-bond acceptors (Lipinski definition) is 5. The van der Waals surface area contributed by atoms with E-state index < -0.39 is 6.04 Å². The first-order valence-corrected chi connectivity index (χ1v) is 10.1. The average molecular weight is 393 g/mol. The van der Waals surface area contributed by atoms with Crippen molar-refractivity contribution in [2.45, 2.75) is 32.0 Å². The summed E-state index contributed by atoms with van der Waals surface area (Å²) in [5, 5.41) is 2.72. The van der Waals surface area contributed by atoms with Crippen LogP contribution in [0.1, 0.15) is 29.0 Å². The third-order valence-corrected chi connectivity index (χ3v) is 5.93. The number of benzene rings is 1. The molecule has 0 fully saturated rings. The summed E-state index contributed by atoms with van der Waals surface area (Å²) in [5.41, 5.74) is 2.11. The molecule has 0 radical (unpaired) electrons. The first-order chi connectivity index (χ1) is 12.5. The topological polar surface area (TPSA) is 32.8 Å². The number of esters is 1. The van der Waals surface area contributed by atoms with Crippen molar-refractivity contribution in [3.63, 3.8) is 0 Å². The van der Waals surface area contributed by atoms with Crippen molar-refractivity contribution >= 4 is 28.9 Å². The molecule has 0 saturated heterocycles. The van der Waals surface area contributed by atoms with Crippen LogP contribution >= 0.6 is 22.9 Å². The number of carbonyl (C=O) groups is 1. The summed E-state index contributed by atoms with van der Waals surface area (Å²) in [6.45, 7) is 4.18. The van der Waals surface area contributed by atoms with Gasteiger partial charge in [0.25, 0.3) is 0 Å². The third kappa shape index (κ3) is 4.46. The largest absolute Gasteiger partial charge is 0.460 e. The van der Waals surface area contributed by atoms with E-state index in [9.17, 15) is 4.79 Å². The number of carbonyl (C=O) groups excluding carboxylic acids is 1. The number of likely N-dealkylation sites (N-methyl/N-ethyl adjacent to an activating group) is 1. The summed E-state index contributed by atoms with van der Waals surface area (Å²) in [6.07, 6.45) is 0.776. The molecule has 0 saturated carbocycles. The van der Waals surface area contributed by atoms with Crippen LogP contribution in [-0.4, -0.2) is 49.1 Å². The maximum absolute atomic E-state index is 13.1. The minimum atomic E-state index is -0.485. The molecule has 0 unspecified atom stereocenters. The predicted molar refractivity (Wildman–Crippen MR) is 107 cm³/mol. The van der Waals surface area contributed by atoms with Crippen LogP contribution in [0, 0.1) is 0 Å². The van der Waals surface area contributed by atoms with E-state index in [0.29, 0.717) is 11.6 Å². The lowest BCUT2D eigenvalue weighted by atomic mass is 10.0. The highest BCUT2D eigenvalue weighted by Gasteiger charge is 2.34. The Bertz CT molecular complexity index is 762. The zero-order chi connectivity index (χ0) is 18.7. The summed E-state index contributed by atoms with van der Waals surface area (Å²) in [7, 11) is 3.94. The van der Waals surface area contributed by atoms with E-state index in [2.05, 4.69) is 16.3 Å². The number of hydrogen-bond donors (Lipinski definition) is 0. The van der Waals surface area contributed by atoms with Gasteiger partial charge in [0, 0.05) is 29.5 Å². The van der Waals surface area contributed by atoms with Crippen LogP contribution < -0.4 is 0 Å². The summed E-state index contributed by atoms with van der Waals surface area (Å²) in [5.74, 6) is -0.230. The van der Waals surface area contributed by atoms with Gasteiger partial charge in [-0.3, -0.25) is 4.90 Å². The fourth-order valence-corrected chi connectivity index (χ4v) is 4.60.